The predicted molar refractivity (Wildman–Crippen MR) is 59.4 cm³/mol. The van der Waals surface area contributed by atoms with Crippen LogP contribution in [0.15, 0.2) is 0 Å². The van der Waals surface area contributed by atoms with E-state index in [0.29, 0.717) is 6.04 Å². The van der Waals surface area contributed by atoms with Gasteiger partial charge in [-0.3, -0.25) is 4.79 Å². The first-order valence-electron chi connectivity index (χ1n) is 5.80. The van der Waals surface area contributed by atoms with Gasteiger partial charge in [-0.1, -0.05) is 0 Å². The number of carbonyl (C=O) groups excluding carboxylic acids is 1. The van der Waals surface area contributed by atoms with Crippen LogP contribution in [0.3, 0.4) is 0 Å². The van der Waals surface area contributed by atoms with E-state index in [2.05, 4.69) is 17.3 Å². The van der Waals surface area contributed by atoms with Crippen LogP contribution >= 0.6 is 0 Å². The smallest absolute Gasteiger partial charge is 0.237 e. The number of rotatable bonds is 4. The minimum Gasteiger partial charge on any atom is -0.368 e. The summed E-state index contributed by atoms with van der Waals surface area (Å²) >= 11 is 0. The monoisotopic (exact) mass is 211 g/mol. The quantitative estimate of drug-likeness (QED) is 0.692. The second kappa shape index (κ2) is 3.76. The second-order valence-electron chi connectivity index (χ2n) is 4.99. The normalized spacial score (nSPS) is 36.1. The largest absolute Gasteiger partial charge is 0.368 e. The first-order chi connectivity index (χ1) is 7.09. The summed E-state index contributed by atoms with van der Waals surface area (Å²) in [5.74, 6) is -0.198. The van der Waals surface area contributed by atoms with Crippen LogP contribution < -0.4 is 11.1 Å². The Labute approximate surface area is 91.2 Å². The molecule has 86 valence electrons. The van der Waals surface area contributed by atoms with E-state index in [-0.39, 0.29) is 5.91 Å². The van der Waals surface area contributed by atoms with Gasteiger partial charge in [0.05, 0.1) is 5.54 Å². The average molecular weight is 211 g/mol. The summed E-state index contributed by atoms with van der Waals surface area (Å²) in [6.45, 7) is 0. The van der Waals surface area contributed by atoms with Crippen LogP contribution in [0.2, 0.25) is 0 Å². The molecule has 0 aromatic carbocycles. The van der Waals surface area contributed by atoms with Crippen molar-refractivity contribution in [3.63, 3.8) is 0 Å². The first-order valence-corrected chi connectivity index (χ1v) is 5.80. The number of hydrogen-bond acceptors (Lipinski definition) is 3. The summed E-state index contributed by atoms with van der Waals surface area (Å²) < 4.78 is 0. The molecule has 2 unspecified atom stereocenters. The highest BCUT2D eigenvalue weighted by Crippen LogP contribution is 2.37. The van der Waals surface area contributed by atoms with E-state index in [1.807, 2.05) is 7.05 Å². The minimum absolute atomic E-state index is 0.198. The second-order valence-corrected chi connectivity index (χ2v) is 4.99. The highest BCUT2D eigenvalue weighted by Gasteiger charge is 2.45. The molecule has 2 aliphatic carbocycles. The third kappa shape index (κ3) is 1.88. The highest BCUT2D eigenvalue weighted by atomic mass is 16.1. The number of nitrogens with zero attached hydrogens (tertiary/aromatic N) is 1. The third-order valence-corrected chi connectivity index (χ3v) is 4.14. The lowest BCUT2D eigenvalue weighted by Gasteiger charge is -2.28. The summed E-state index contributed by atoms with van der Waals surface area (Å²) in [6.07, 6.45) is 5.45. The Balaban J connectivity index is 2.00. The molecule has 0 heterocycles. The molecule has 0 saturated heterocycles. The van der Waals surface area contributed by atoms with Crippen molar-refractivity contribution < 1.29 is 4.79 Å². The number of likely N-dealkylation sites (N-methyl/N-ethyl adjacent to an activating group) is 1. The maximum atomic E-state index is 11.4. The Kier molecular flexibility index (Phi) is 2.73. The molecule has 1 amide bonds. The van der Waals surface area contributed by atoms with Crippen LogP contribution in [0, 0.1) is 0 Å². The minimum atomic E-state index is -0.451. The van der Waals surface area contributed by atoms with Crippen LogP contribution in [0.25, 0.3) is 0 Å². The topological polar surface area (TPSA) is 58.4 Å². The van der Waals surface area contributed by atoms with E-state index in [1.54, 1.807) is 0 Å². The van der Waals surface area contributed by atoms with E-state index >= 15 is 0 Å². The molecule has 2 atom stereocenters. The summed E-state index contributed by atoms with van der Waals surface area (Å²) in [6, 6.07) is 1.29. The van der Waals surface area contributed by atoms with Gasteiger partial charge in [-0.2, -0.15) is 0 Å². The molecule has 3 N–H and O–H groups in total. The van der Waals surface area contributed by atoms with Gasteiger partial charge < -0.3 is 16.0 Å². The van der Waals surface area contributed by atoms with E-state index in [0.717, 1.165) is 25.3 Å². The number of amides is 1. The standard InChI is InChI=1S/C11H21N3O/c1-13-11(10(12)15)6-5-9(7-11)14(2)8-3-4-8/h8-9,13H,3-7H2,1-2H3,(H2,12,15). The molecule has 2 rings (SSSR count). The van der Waals surface area contributed by atoms with Gasteiger partial charge in [-0.25, -0.2) is 0 Å². The molecular formula is C11H21N3O. The van der Waals surface area contributed by atoms with Crippen molar-refractivity contribution in [3.8, 4) is 0 Å². The van der Waals surface area contributed by atoms with Crippen molar-refractivity contribution in [1.29, 1.82) is 0 Å². The summed E-state index contributed by atoms with van der Waals surface area (Å²) in [5.41, 5.74) is 5.03. The van der Waals surface area contributed by atoms with Crippen molar-refractivity contribution >= 4 is 5.91 Å². The van der Waals surface area contributed by atoms with Crippen LogP contribution in [-0.4, -0.2) is 42.5 Å². The first kappa shape index (κ1) is 10.9. The fraction of sp³-hybridized carbons (Fsp3) is 0.909. The fourth-order valence-electron chi connectivity index (χ4n) is 2.72. The number of hydrogen-bond donors (Lipinski definition) is 2. The molecule has 0 spiro atoms. The van der Waals surface area contributed by atoms with Gasteiger partial charge in [-0.15, -0.1) is 0 Å². The lowest BCUT2D eigenvalue weighted by molar-refractivity contribution is -0.124. The Morgan fingerprint density at radius 2 is 2.07 bits per heavy atom. The molecule has 0 aliphatic heterocycles. The number of primary amides is 1. The molecule has 0 bridgehead atoms. The van der Waals surface area contributed by atoms with E-state index in [9.17, 15) is 4.79 Å². The fourth-order valence-corrected chi connectivity index (χ4v) is 2.72. The zero-order valence-electron chi connectivity index (χ0n) is 9.62. The predicted octanol–water partition coefficient (Wildman–Crippen LogP) is 0.0766. The molecule has 4 heteroatoms. The Bertz CT molecular complexity index is 265. The van der Waals surface area contributed by atoms with Gasteiger partial charge in [0.2, 0.25) is 5.91 Å². The lowest BCUT2D eigenvalue weighted by atomic mass is 9.96. The molecule has 0 radical (unpaired) electrons. The van der Waals surface area contributed by atoms with Crippen LogP contribution in [0.4, 0.5) is 0 Å². The Morgan fingerprint density at radius 3 is 2.47 bits per heavy atom. The van der Waals surface area contributed by atoms with Crippen molar-refractivity contribution in [2.75, 3.05) is 14.1 Å². The van der Waals surface area contributed by atoms with Gasteiger partial charge in [0, 0.05) is 12.1 Å². The molecule has 0 aromatic rings. The average Bonchev–Trinajstić information content (AvgIpc) is 2.96. The maximum Gasteiger partial charge on any atom is 0.237 e. The number of nitrogens with one attached hydrogen (secondary N) is 1. The summed E-state index contributed by atoms with van der Waals surface area (Å²) in [4.78, 5) is 13.9. The number of carbonyl (C=O) groups is 1. The molecule has 2 fully saturated rings. The molecule has 4 nitrogen and oxygen atoms in total. The SMILES string of the molecule is CNC1(C(N)=O)CCC(N(C)C2CC2)C1. The number of nitrogens with two attached hydrogens (primary N) is 1. The van der Waals surface area contributed by atoms with E-state index < -0.39 is 5.54 Å². The zero-order valence-corrected chi connectivity index (χ0v) is 9.62. The summed E-state index contributed by atoms with van der Waals surface area (Å²) in [7, 11) is 4.01. The van der Waals surface area contributed by atoms with Crippen molar-refractivity contribution in [1.82, 2.24) is 10.2 Å². The van der Waals surface area contributed by atoms with E-state index in [4.69, 9.17) is 5.73 Å². The molecule has 2 aliphatic rings. The van der Waals surface area contributed by atoms with Crippen LogP contribution in [-0.2, 0) is 4.79 Å². The molecule has 15 heavy (non-hydrogen) atoms. The Hall–Kier alpha value is -0.610. The van der Waals surface area contributed by atoms with Gasteiger partial charge in [0.15, 0.2) is 0 Å². The van der Waals surface area contributed by atoms with Crippen molar-refractivity contribution in [2.45, 2.75) is 49.7 Å². The third-order valence-electron chi connectivity index (χ3n) is 4.14. The van der Waals surface area contributed by atoms with Gasteiger partial charge in [0.25, 0.3) is 0 Å². The van der Waals surface area contributed by atoms with Gasteiger partial charge >= 0.3 is 0 Å². The zero-order chi connectivity index (χ0) is 11.1. The summed E-state index contributed by atoms with van der Waals surface area (Å²) in [5, 5.41) is 3.12. The molecular weight excluding hydrogens is 190 g/mol. The van der Waals surface area contributed by atoms with Gasteiger partial charge in [0.1, 0.15) is 0 Å². The molecule has 2 saturated carbocycles. The van der Waals surface area contributed by atoms with Crippen molar-refractivity contribution in [2.24, 2.45) is 5.73 Å². The maximum absolute atomic E-state index is 11.4. The van der Waals surface area contributed by atoms with Crippen LogP contribution in [0.5, 0.6) is 0 Å². The van der Waals surface area contributed by atoms with Crippen molar-refractivity contribution in [3.05, 3.63) is 0 Å². The van der Waals surface area contributed by atoms with Crippen LogP contribution in [0.1, 0.15) is 32.1 Å². The molecule has 0 aromatic heterocycles. The Morgan fingerprint density at radius 1 is 1.40 bits per heavy atom. The van der Waals surface area contributed by atoms with E-state index in [1.165, 1.54) is 12.8 Å². The van der Waals surface area contributed by atoms with Gasteiger partial charge in [-0.05, 0) is 46.2 Å². The lowest BCUT2D eigenvalue weighted by Crippen LogP contribution is -2.53. The highest BCUT2D eigenvalue weighted by molar-refractivity contribution is 5.85.